The summed E-state index contributed by atoms with van der Waals surface area (Å²) < 4.78 is 46.1. The highest BCUT2D eigenvalue weighted by molar-refractivity contribution is 7.88. The second kappa shape index (κ2) is 10.1. The van der Waals surface area contributed by atoms with Crippen molar-refractivity contribution in [2.24, 2.45) is 0 Å². The molecule has 4 heterocycles. The Morgan fingerprint density at radius 1 is 1.32 bits per heavy atom. The first kappa shape index (κ1) is 26.2. The van der Waals surface area contributed by atoms with Crippen molar-refractivity contribution >= 4 is 38.6 Å². The molecule has 5 rings (SSSR count). The molecule has 0 radical (unpaired) electrons. The highest BCUT2D eigenvalue weighted by Crippen LogP contribution is 2.39. The van der Waals surface area contributed by atoms with Crippen molar-refractivity contribution < 1.29 is 22.7 Å². The number of aromatic nitrogens is 4. The number of rotatable bonds is 6. The number of nitrogens with one attached hydrogen (secondary N) is 2. The van der Waals surface area contributed by atoms with Crippen LogP contribution in [0.4, 0.5) is 10.3 Å². The molecule has 1 aromatic carbocycles. The number of fused-ring (bicyclic) bond motifs is 1. The van der Waals surface area contributed by atoms with E-state index in [9.17, 15) is 13.5 Å². The van der Waals surface area contributed by atoms with Gasteiger partial charge in [-0.2, -0.15) is 0 Å². The molecule has 0 amide bonds. The summed E-state index contributed by atoms with van der Waals surface area (Å²) in [5.74, 6) is 0.108. The molecule has 200 valence electrons. The fourth-order valence-corrected chi connectivity index (χ4v) is 6.17. The van der Waals surface area contributed by atoms with E-state index < -0.39 is 21.9 Å². The van der Waals surface area contributed by atoms with E-state index in [1.54, 1.807) is 0 Å². The Kier molecular flexibility index (Phi) is 7.14. The molecule has 1 unspecified atom stereocenters. The van der Waals surface area contributed by atoms with Gasteiger partial charge in [0.25, 0.3) is 0 Å². The normalized spacial score (nSPS) is 23.3. The average Bonchev–Trinajstić information content (AvgIpc) is 3.49. The second-order valence-electron chi connectivity index (χ2n) is 10.00. The summed E-state index contributed by atoms with van der Waals surface area (Å²) in [5, 5.41) is 13.6. The van der Waals surface area contributed by atoms with Crippen LogP contribution in [0, 0.1) is 5.82 Å². The molecule has 2 saturated heterocycles. The van der Waals surface area contributed by atoms with Gasteiger partial charge in [-0.3, -0.25) is 0 Å². The topological polar surface area (TPSA) is 133 Å². The lowest BCUT2D eigenvalue weighted by Gasteiger charge is -2.28. The number of hydrogen-bond acceptors (Lipinski definition) is 8. The molecule has 10 nitrogen and oxygen atoms in total. The predicted octanol–water partition coefficient (Wildman–Crippen LogP) is 3.25. The molecule has 2 aromatic heterocycles. The van der Waals surface area contributed by atoms with E-state index in [0.29, 0.717) is 55.1 Å². The first-order valence-corrected chi connectivity index (χ1v) is 14.5. The SMILES string of the molecule is CC(C)c1c(-c2nc(N[C@@H]3CCOC[C@H]3O)ncc2Cl)cc(F)c2nc(C3CCN(S(C)(=O)=O)C3)[nH]c12. The third-order valence-corrected chi connectivity index (χ3v) is 8.55. The third kappa shape index (κ3) is 5.17. The van der Waals surface area contributed by atoms with Crippen LogP contribution < -0.4 is 5.32 Å². The average molecular weight is 553 g/mol. The van der Waals surface area contributed by atoms with Crippen LogP contribution in [-0.2, 0) is 14.8 Å². The predicted molar refractivity (Wildman–Crippen MR) is 139 cm³/mol. The fourth-order valence-electron chi connectivity index (χ4n) is 5.09. The Hall–Kier alpha value is -2.38. The number of benzene rings is 1. The maximum absolute atomic E-state index is 15.5. The first-order valence-electron chi connectivity index (χ1n) is 12.2. The lowest BCUT2D eigenvalue weighted by atomic mass is 9.93. The zero-order chi connectivity index (χ0) is 26.5. The Morgan fingerprint density at radius 3 is 2.78 bits per heavy atom. The molecule has 3 aromatic rings. The second-order valence-corrected chi connectivity index (χ2v) is 12.4. The molecule has 0 saturated carbocycles. The Balaban J connectivity index is 1.55. The van der Waals surface area contributed by atoms with Crippen molar-refractivity contribution in [1.82, 2.24) is 24.2 Å². The Morgan fingerprint density at radius 2 is 2.11 bits per heavy atom. The minimum absolute atomic E-state index is 0.0396. The van der Waals surface area contributed by atoms with Gasteiger partial charge >= 0.3 is 0 Å². The largest absolute Gasteiger partial charge is 0.389 e. The van der Waals surface area contributed by atoms with Crippen molar-refractivity contribution in [1.29, 1.82) is 0 Å². The van der Waals surface area contributed by atoms with Gasteiger partial charge in [0, 0.05) is 31.2 Å². The molecule has 0 bridgehead atoms. The quantitative estimate of drug-likeness (QED) is 0.424. The highest BCUT2D eigenvalue weighted by atomic mass is 35.5. The van der Waals surface area contributed by atoms with Gasteiger partial charge in [-0.1, -0.05) is 25.4 Å². The van der Waals surface area contributed by atoms with E-state index in [-0.39, 0.29) is 41.0 Å². The highest BCUT2D eigenvalue weighted by Gasteiger charge is 2.32. The summed E-state index contributed by atoms with van der Waals surface area (Å²) in [6.07, 6.45) is 3.14. The number of nitrogens with zero attached hydrogens (tertiary/aromatic N) is 4. The van der Waals surface area contributed by atoms with Crippen LogP contribution in [-0.4, -0.2) is 82.5 Å². The van der Waals surface area contributed by atoms with Gasteiger partial charge in [-0.15, -0.1) is 0 Å². The smallest absolute Gasteiger partial charge is 0.223 e. The summed E-state index contributed by atoms with van der Waals surface area (Å²) >= 11 is 6.52. The van der Waals surface area contributed by atoms with Crippen LogP contribution >= 0.6 is 11.6 Å². The van der Waals surface area contributed by atoms with Crippen LogP contribution in [0.5, 0.6) is 0 Å². The summed E-state index contributed by atoms with van der Waals surface area (Å²) in [6.45, 7) is 5.42. The number of aliphatic hydroxyl groups excluding tert-OH is 1. The van der Waals surface area contributed by atoms with Gasteiger partial charge in [0.2, 0.25) is 16.0 Å². The van der Waals surface area contributed by atoms with E-state index in [4.69, 9.17) is 16.3 Å². The van der Waals surface area contributed by atoms with E-state index in [2.05, 4.69) is 25.3 Å². The summed E-state index contributed by atoms with van der Waals surface area (Å²) in [5.41, 5.74) is 2.43. The molecule has 37 heavy (non-hydrogen) atoms. The van der Waals surface area contributed by atoms with Crippen LogP contribution in [0.3, 0.4) is 0 Å². The lowest BCUT2D eigenvalue weighted by Crippen LogP contribution is -2.42. The number of anilines is 1. The molecule has 0 spiro atoms. The number of hydrogen-bond donors (Lipinski definition) is 3. The molecule has 2 fully saturated rings. The molecule has 13 heteroatoms. The number of ether oxygens (including phenoxy) is 1. The van der Waals surface area contributed by atoms with Gasteiger partial charge in [0.15, 0.2) is 5.82 Å². The minimum atomic E-state index is -3.31. The van der Waals surface area contributed by atoms with Gasteiger partial charge < -0.3 is 20.1 Å². The minimum Gasteiger partial charge on any atom is -0.389 e. The molecule has 3 N–H and O–H groups in total. The van der Waals surface area contributed by atoms with E-state index in [1.165, 1.54) is 22.8 Å². The lowest BCUT2D eigenvalue weighted by molar-refractivity contribution is -0.0136. The van der Waals surface area contributed by atoms with Gasteiger partial charge in [-0.25, -0.2) is 32.1 Å². The van der Waals surface area contributed by atoms with Gasteiger partial charge in [-0.05, 0) is 30.4 Å². The molecular formula is C24H30ClFN6O4S. The van der Waals surface area contributed by atoms with Crippen molar-refractivity contribution in [2.45, 2.75) is 50.7 Å². The third-order valence-electron chi connectivity index (χ3n) is 7.00. The summed E-state index contributed by atoms with van der Waals surface area (Å²) in [6, 6.07) is 1.11. The number of H-pyrrole nitrogens is 1. The Bertz CT molecular complexity index is 1430. The maximum Gasteiger partial charge on any atom is 0.223 e. The number of imidazole rings is 1. The number of aliphatic hydroxyl groups is 1. The van der Waals surface area contributed by atoms with Gasteiger partial charge in [0.1, 0.15) is 11.3 Å². The van der Waals surface area contributed by atoms with E-state index in [0.717, 1.165) is 5.56 Å². The maximum atomic E-state index is 15.5. The number of halogens is 2. The van der Waals surface area contributed by atoms with Crippen molar-refractivity contribution in [3.8, 4) is 11.3 Å². The van der Waals surface area contributed by atoms with Crippen LogP contribution in [0.15, 0.2) is 12.3 Å². The molecule has 2 aliphatic heterocycles. The molecular weight excluding hydrogens is 523 g/mol. The van der Waals surface area contributed by atoms with Crippen molar-refractivity contribution in [3.05, 3.63) is 34.5 Å². The zero-order valence-corrected chi connectivity index (χ0v) is 22.4. The van der Waals surface area contributed by atoms with E-state index in [1.807, 2.05) is 13.8 Å². The van der Waals surface area contributed by atoms with Crippen LogP contribution in [0.1, 0.15) is 49.9 Å². The summed E-state index contributed by atoms with van der Waals surface area (Å²) in [7, 11) is -3.31. The first-order chi connectivity index (χ1) is 17.5. The molecule has 3 atom stereocenters. The van der Waals surface area contributed by atoms with Crippen molar-refractivity contribution in [3.63, 3.8) is 0 Å². The van der Waals surface area contributed by atoms with Crippen LogP contribution in [0.25, 0.3) is 22.3 Å². The monoisotopic (exact) mass is 552 g/mol. The Labute approximate surface area is 219 Å². The molecule has 2 aliphatic rings. The van der Waals surface area contributed by atoms with Gasteiger partial charge in [0.05, 0.1) is 47.4 Å². The van der Waals surface area contributed by atoms with Crippen molar-refractivity contribution in [2.75, 3.05) is 37.9 Å². The fraction of sp³-hybridized carbons (Fsp3) is 0.542. The van der Waals surface area contributed by atoms with Crippen LogP contribution in [0.2, 0.25) is 5.02 Å². The number of sulfonamides is 1. The van der Waals surface area contributed by atoms with E-state index >= 15 is 4.39 Å². The number of aromatic amines is 1. The zero-order valence-electron chi connectivity index (χ0n) is 20.8. The molecule has 0 aliphatic carbocycles. The standard InChI is InChI=1S/C24H30ClFN6O4S/c1-12(2)19-14(20-15(25)9-27-24(31-20)28-17-5-7-36-11-18(17)33)8-16(26)21-22(19)30-23(29-21)13-4-6-32(10-13)37(3,34)35/h8-9,12-13,17-18,33H,4-7,10-11H2,1-3H3,(H,29,30)(H,27,28,31)/t13?,17-,18-/m1/s1. The summed E-state index contributed by atoms with van der Waals surface area (Å²) in [4.78, 5) is 16.7.